The Bertz CT molecular complexity index is 556. The lowest BCUT2D eigenvalue weighted by atomic mass is 10.0. The lowest BCUT2D eigenvalue weighted by molar-refractivity contribution is 0.0142. The van der Waals surface area contributed by atoms with E-state index in [1.165, 1.54) is 0 Å². The second-order valence-electron chi connectivity index (χ2n) is 7.64. The van der Waals surface area contributed by atoms with E-state index in [0.717, 1.165) is 36.3 Å². The number of amides is 2. The summed E-state index contributed by atoms with van der Waals surface area (Å²) in [6.45, 7) is 10.4. The van der Waals surface area contributed by atoms with E-state index < -0.39 is 23.4 Å². The summed E-state index contributed by atoms with van der Waals surface area (Å²) in [6.07, 6.45) is 4.62. The van der Waals surface area contributed by atoms with Crippen molar-refractivity contribution >= 4 is 12.2 Å². The monoisotopic (exact) mass is 336 g/mol. The van der Waals surface area contributed by atoms with E-state index in [1.807, 2.05) is 0 Å². The van der Waals surface area contributed by atoms with Gasteiger partial charge in [-0.1, -0.05) is 6.08 Å². The minimum Gasteiger partial charge on any atom is -0.443 e. The molecule has 2 amide bonds. The van der Waals surface area contributed by atoms with E-state index in [0.29, 0.717) is 0 Å². The molecule has 1 rings (SSSR count). The maximum Gasteiger partial charge on any atom is 0.441 e. The Morgan fingerprint density at radius 3 is 2.21 bits per heavy atom. The summed E-state index contributed by atoms with van der Waals surface area (Å²) in [4.78, 5) is 24.2. The number of rotatable bonds is 0. The highest BCUT2D eigenvalue weighted by Gasteiger charge is 2.25. The SMILES string of the molecule is CC(C)(C)OC(=O)NN(C#CC1=CCCCC1)C(=O)OC(C)(C)C. The van der Waals surface area contributed by atoms with Crippen LogP contribution in [0.5, 0.6) is 0 Å². The summed E-state index contributed by atoms with van der Waals surface area (Å²) < 4.78 is 10.4. The van der Waals surface area contributed by atoms with Crippen LogP contribution < -0.4 is 5.43 Å². The fourth-order valence-electron chi connectivity index (χ4n) is 1.90. The largest absolute Gasteiger partial charge is 0.443 e. The molecule has 0 atom stereocenters. The zero-order valence-corrected chi connectivity index (χ0v) is 15.5. The number of hydrazine groups is 1. The van der Waals surface area contributed by atoms with Crippen LogP contribution in [0.15, 0.2) is 11.6 Å². The summed E-state index contributed by atoms with van der Waals surface area (Å²) in [5.41, 5.74) is 1.92. The van der Waals surface area contributed by atoms with Gasteiger partial charge in [0.25, 0.3) is 0 Å². The van der Waals surface area contributed by atoms with Crippen LogP contribution in [-0.2, 0) is 9.47 Å². The summed E-state index contributed by atoms with van der Waals surface area (Å²) >= 11 is 0. The summed E-state index contributed by atoms with van der Waals surface area (Å²) in [7, 11) is 0. The maximum absolute atomic E-state index is 12.2. The van der Waals surface area contributed by atoms with Gasteiger partial charge in [0, 0.05) is 6.04 Å². The molecule has 6 nitrogen and oxygen atoms in total. The molecule has 0 saturated heterocycles. The molecule has 0 aromatic carbocycles. The number of carbonyl (C=O) groups excluding carboxylic acids is 2. The van der Waals surface area contributed by atoms with Crippen LogP contribution in [-0.4, -0.2) is 28.4 Å². The van der Waals surface area contributed by atoms with Crippen LogP contribution in [0.1, 0.15) is 67.2 Å². The molecule has 0 aromatic rings. The van der Waals surface area contributed by atoms with Crippen molar-refractivity contribution in [1.82, 2.24) is 10.4 Å². The Kier molecular flexibility index (Phi) is 6.70. The van der Waals surface area contributed by atoms with E-state index in [2.05, 4.69) is 23.5 Å². The van der Waals surface area contributed by atoms with Crippen LogP contribution in [0.4, 0.5) is 9.59 Å². The fourth-order valence-corrected chi connectivity index (χ4v) is 1.90. The number of nitrogens with one attached hydrogen (secondary N) is 1. The molecule has 0 aromatic heterocycles. The highest BCUT2D eigenvalue weighted by Crippen LogP contribution is 2.16. The van der Waals surface area contributed by atoms with Crippen molar-refractivity contribution < 1.29 is 19.1 Å². The number of allylic oxidation sites excluding steroid dienone is 2. The van der Waals surface area contributed by atoms with Crippen LogP contribution in [0.25, 0.3) is 0 Å². The van der Waals surface area contributed by atoms with Gasteiger partial charge < -0.3 is 9.47 Å². The first-order valence-electron chi connectivity index (χ1n) is 8.20. The number of nitrogens with zero attached hydrogens (tertiary/aromatic N) is 1. The lowest BCUT2D eigenvalue weighted by Gasteiger charge is -2.25. The molecule has 0 heterocycles. The van der Waals surface area contributed by atoms with Gasteiger partial charge in [-0.15, -0.1) is 5.01 Å². The molecule has 0 unspecified atom stereocenters. The van der Waals surface area contributed by atoms with Gasteiger partial charge in [-0.3, -0.25) is 0 Å². The van der Waals surface area contributed by atoms with Gasteiger partial charge in [0.1, 0.15) is 11.2 Å². The summed E-state index contributed by atoms with van der Waals surface area (Å²) in [5.74, 6) is 2.92. The smallest absolute Gasteiger partial charge is 0.441 e. The van der Waals surface area contributed by atoms with Crippen molar-refractivity contribution in [3.63, 3.8) is 0 Å². The molecule has 0 aliphatic heterocycles. The normalized spacial score (nSPS) is 14.7. The summed E-state index contributed by atoms with van der Waals surface area (Å²) in [5, 5.41) is 0.842. The van der Waals surface area contributed by atoms with E-state index in [1.54, 1.807) is 41.5 Å². The third kappa shape index (κ3) is 8.47. The van der Waals surface area contributed by atoms with E-state index in [4.69, 9.17) is 9.47 Å². The quantitative estimate of drug-likeness (QED) is 0.410. The van der Waals surface area contributed by atoms with Crippen molar-refractivity contribution in [3.8, 4) is 12.0 Å². The molecular formula is C18H28N2O4. The Hall–Kier alpha value is -2.16. The van der Waals surface area contributed by atoms with Crippen LogP contribution in [0.3, 0.4) is 0 Å². The molecule has 6 heteroatoms. The number of hydrogen-bond acceptors (Lipinski definition) is 4. The van der Waals surface area contributed by atoms with E-state index in [-0.39, 0.29) is 0 Å². The zero-order chi connectivity index (χ0) is 18.4. The van der Waals surface area contributed by atoms with Gasteiger partial charge in [0.15, 0.2) is 0 Å². The van der Waals surface area contributed by atoms with Gasteiger partial charge in [0.05, 0.1) is 0 Å². The van der Waals surface area contributed by atoms with Crippen LogP contribution in [0, 0.1) is 12.0 Å². The Labute approximate surface area is 144 Å². The second-order valence-corrected chi connectivity index (χ2v) is 7.64. The molecule has 134 valence electrons. The Balaban J connectivity index is 2.86. The topological polar surface area (TPSA) is 67.9 Å². The van der Waals surface area contributed by atoms with Crippen molar-refractivity contribution in [2.75, 3.05) is 0 Å². The van der Waals surface area contributed by atoms with Gasteiger partial charge in [0.2, 0.25) is 0 Å². The molecule has 0 fully saturated rings. The van der Waals surface area contributed by atoms with Crippen molar-refractivity contribution in [3.05, 3.63) is 11.6 Å². The first-order valence-corrected chi connectivity index (χ1v) is 8.20. The van der Waals surface area contributed by atoms with Crippen molar-refractivity contribution in [1.29, 1.82) is 0 Å². The van der Waals surface area contributed by atoms with Gasteiger partial charge in [-0.2, -0.15) is 0 Å². The van der Waals surface area contributed by atoms with Crippen LogP contribution >= 0.6 is 0 Å². The zero-order valence-electron chi connectivity index (χ0n) is 15.5. The first kappa shape index (κ1) is 19.9. The molecule has 0 bridgehead atoms. The lowest BCUT2D eigenvalue weighted by Crippen LogP contribution is -2.47. The van der Waals surface area contributed by atoms with Crippen LogP contribution in [0.2, 0.25) is 0 Å². The molecule has 1 aliphatic carbocycles. The first-order chi connectivity index (χ1) is 11.0. The molecular weight excluding hydrogens is 308 g/mol. The predicted octanol–water partition coefficient (Wildman–Crippen LogP) is 4.12. The molecule has 24 heavy (non-hydrogen) atoms. The second kappa shape index (κ2) is 8.09. The predicted molar refractivity (Wildman–Crippen MR) is 91.8 cm³/mol. The maximum atomic E-state index is 12.2. The highest BCUT2D eigenvalue weighted by atomic mass is 16.6. The van der Waals surface area contributed by atoms with Crippen molar-refractivity contribution in [2.24, 2.45) is 0 Å². The van der Waals surface area contributed by atoms with Gasteiger partial charge in [-0.25, -0.2) is 15.0 Å². The third-order valence-corrected chi connectivity index (χ3v) is 2.80. The van der Waals surface area contributed by atoms with E-state index >= 15 is 0 Å². The standard InChI is InChI=1S/C18H28N2O4/c1-17(2,3)23-15(21)19-20(16(22)24-18(4,5)6)13-12-14-10-8-7-9-11-14/h10H,7-9,11H2,1-6H3,(H,19,21). The minimum atomic E-state index is -0.764. The number of carbonyl (C=O) groups is 2. The Morgan fingerprint density at radius 2 is 1.71 bits per heavy atom. The summed E-state index contributed by atoms with van der Waals surface area (Å²) in [6, 6.07) is 2.66. The highest BCUT2D eigenvalue weighted by molar-refractivity contribution is 5.76. The molecule has 1 N–H and O–H groups in total. The fraction of sp³-hybridized carbons (Fsp3) is 0.667. The van der Waals surface area contributed by atoms with Gasteiger partial charge >= 0.3 is 12.2 Å². The average molecular weight is 336 g/mol. The molecule has 0 saturated carbocycles. The third-order valence-electron chi connectivity index (χ3n) is 2.80. The number of ether oxygens (including phenoxy) is 2. The molecule has 0 radical (unpaired) electrons. The molecule has 1 aliphatic rings. The van der Waals surface area contributed by atoms with Gasteiger partial charge in [-0.05, 0) is 78.7 Å². The number of hydrogen-bond donors (Lipinski definition) is 1. The minimum absolute atomic E-state index is 0.678. The average Bonchev–Trinajstić information content (AvgIpc) is 2.40. The van der Waals surface area contributed by atoms with E-state index in [9.17, 15) is 9.59 Å². The molecule has 0 spiro atoms. The Morgan fingerprint density at radius 1 is 1.08 bits per heavy atom. The van der Waals surface area contributed by atoms with Crippen molar-refractivity contribution in [2.45, 2.75) is 78.4 Å².